The van der Waals surface area contributed by atoms with Crippen molar-refractivity contribution in [3.8, 4) is 17.0 Å². The molecule has 0 radical (unpaired) electrons. The fourth-order valence-corrected chi connectivity index (χ4v) is 2.81. The van der Waals surface area contributed by atoms with E-state index in [1.165, 1.54) is 5.56 Å². The van der Waals surface area contributed by atoms with E-state index in [1.54, 1.807) is 0 Å². The zero-order chi connectivity index (χ0) is 17.6. The first kappa shape index (κ1) is 17.2. The quantitative estimate of drug-likeness (QED) is 0.711. The number of pyridine rings is 1. The van der Waals surface area contributed by atoms with Gasteiger partial charge in [0, 0.05) is 11.3 Å². The maximum absolute atomic E-state index is 9.74. The van der Waals surface area contributed by atoms with E-state index in [0.717, 1.165) is 34.4 Å². The number of hydrogen-bond donors (Lipinski definition) is 1. The van der Waals surface area contributed by atoms with Gasteiger partial charge in [-0.05, 0) is 47.7 Å². The number of aromatic nitrogens is 1. The summed E-state index contributed by atoms with van der Waals surface area (Å²) in [6.07, 6.45) is 0.943. The van der Waals surface area contributed by atoms with Gasteiger partial charge < -0.3 is 9.84 Å². The largest absolute Gasteiger partial charge is 0.472 e. The van der Waals surface area contributed by atoms with Crippen LogP contribution in [0, 0.1) is 6.92 Å². The van der Waals surface area contributed by atoms with Crippen LogP contribution >= 0.6 is 0 Å². The number of hydrogen-bond acceptors (Lipinski definition) is 3. The highest BCUT2D eigenvalue weighted by molar-refractivity contribution is 5.72. The second kappa shape index (κ2) is 7.95. The van der Waals surface area contributed by atoms with E-state index < -0.39 is 0 Å². The fourth-order valence-electron chi connectivity index (χ4n) is 2.81. The molecule has 3 rings (SSSR count). The van der Waals surface area contributed by atoms with Crippen molar-refractivity contribution < 1.29 is 9.84 Å². The summed E-state index contributed by atoms with van der Waals surface area (Å²) in [5, 5.41) is 9.74. The standard InChI is InChI=1S/C22H23NO2/c1-3-17-10-11-19(14-24)21(13-17)20-12-9-16(2)23-22(20)25-15-18-7-5-4-6-8-18/h4-13,24H,3,14-15H2,1-2H3. The summed E-state index contributed by atoms with van der Waals surface area (Å²) in [6.45, 7) is 4.53. The Hall–Kier alpha value is -2.65. The highest BCUT2D eigenvalue weighted by atomic mass is 16.5. The molecule has 1 heterocycles. The molecule has 0 unspecified atom stereocenters. The monoisotopic (exact) mass is 333 g/mol. The average molecular weight is 333 g/mol. The molecule has 2 aromatic carbocycles. The number of aliphatic hydroxyl groups excluding tert-OH is 1. The van der Waals surface area contributed by atoms with Crippen molar-refractivity contribution >= 4 is 0 Å². The van der Waals surface area contributed by atoms with Gasteiger partial charge in [0.2, 0.25) is 5.88 Å². The minimum atomic E-state index is -0.00860. The smallest absolute Gasteiger partial charge is 0.221 e. The highest BCUT2D eigenvalue weighted by Gasteiger charge is 2.13. The lowest BCUT2D eigenvalue weighted by Gasteiger charge is -2.15. The summed E-state index contributed by atoms with van der Waals surface area (Å²) in [5.41, 5.74) is 6.01. The maximum atomic E-state index is 9.74. The van der Waals surface area contributed by atoms with E-state index in [0.29, 0.717) is 12.5 Å². The van der Waals surface area contributed by atoms with Gasteiger partial charge in [0.1, 0.15) is 6.61 Å². The van der Waals surface area contributed by atoms with E-state index in [-0.39, 0.29) is 6.61 Å². The third kappa shape index (κ3) is 4.06. The van der Waals surface area contributed by atoms with Crippen LogP contribution in [0.3, 0.4) is 0 Å². The topological polar surface area (TPSA) is 42.4 Å². The fraction of sp³-hybridized carbons (Fsp3) is 0.227. The molecule has 1 aromatic heterocycles. The Labute approximate surface area is 148 Å². The summed E-state index contributed by atoms with van der Waals surface area (Å²) in [5.74, 6) is 0.604. The molecule has 0 aliphatic rings. The summed E-state index contributed by atoms with van der Waals surface area (Å²) >= 11 is 0. The molecule has 0 saturated heterocycles. The van der Waals surface area contributed by atoms with Crippen molar-refractivity contribution in [2.45, 2.75) is 33.5 Å². The van der Waals surface area contributed by atoms with E-state index >= 15 is 0 Å². The van der Waals surface area contributed by atoms with Crippen molar-refractivity contribution in [3.05, 3.63) is 83.0 Å². The van der Waals surface area contributed by atoms with Crippen LogP contribution in [-0.4, -0.2) is 10.1 Å². The van der Waals surface area contributed by atoms with Crippen LogP contribution in [0.2, 0.25) is 0 Å². The van der Waals surface area contributed by atoms with Crippen molar-refractivity contribution in [2.75, 3.05) is 0 Å². The van der Waals surface area contributed by atoms with Gasteiger partial charge in [0.25, 0.3) is 0 Å². The first-order valence-corrected chi connectivity index (χ1v) is 8.58. The van der Waals surface area contributed by atoms with Crippen LogP contribution in [-0.2, 0) is 19.6 Å². The highest BCUT2D eigenvalue weighted by Crippen LogP contribution is 2.33. The number of rotatable bonds is 6. The number of aryl methyl sites for hydroxylation is 2. The van der Waals surface area contributed by atoms with E-state index in [2.05, 4.69) is 24.0 Å². The molecule has 0 atom stereocenters. The molecule has 3 aromatic rings. The van der Waals surface area contributed by atoms with E-state index in [9.17, 15) is 5.11 Å². The van der Waals surface area contributed by atoms with Crippen LogP contribution in [0.4, 0.5) is 0 Å². The predicted octanol–water partition coefficient (Wildman–Crippen LogP) is 4.69. The Morgan fingerprint density at radius 2 is 1.72 bits per heavy atom. The van der Waals surface area contributed by atoms with Crippen LogP contribution in [0.25, 0.3) is 11.1 Å². The normalized spacial score (nSPS) is 10.7. The Kier molecular flexibility index (Phi) is 5.46. The average Bonchev–Trinajstić information content (AvgIpc) is 2.67. The number of nitrogens with zero attached hydrogens (tertiary/aromatic N) is 1. The van der Waals surface area contributed by atoms with Crippen molar-refractivity contribution in [3.63, 3.8) is 0 Å². The summed E-state index contributed by atoms with van der Waals surface area (Å²) in [4.78, 5) is 4.59. The zero-order valence-electron chi connectivity index (χ0n) is 14.7. The van der Waals surface area contributed by atoms with Crippen molar-refractivity contribution in [1.29, 1.82) is 0 Å². The Morgan fingerprint density at radius 3 is 2.44 bits per heavy atom. The third-order valence-corrected chi connectivity index (χ3v) is 4.26. The molecule has 0 fully saturated rings. The molecule has 0 amide bonds. The SMILES string of the molecule is CCc1ccc(CO)c(-c2ccc(C)nc2OCc2ccccc2)c1. The van der Waals surface area contributed by atoms with Crippen LogP contribution in [0.15, 0.2) is 60.7 Å². The molecular formula is C22H23NO2. The van der Waals surface area contributed by atoms with E-state index in [1.807, 2.05) is 55.5 Å². The molecule has 3 heteroatoms. The number of benzene rings is 2. The second-order valence-electron chi connectivity index (χ2n) is 6.08. The lowest BCUT2D eigenvalue weighted by Crippen LogP contribution is -2.01. The van der Waals surface area contributed by atoms with Crippen LogP contribution in [0.5, 0.6) is 5.88 Å². The lowest BCUT2D eigenvalue weighted by atomic mass is 9.97. The molecule has 0 aliphatic heterocycles. The molecular weight excluding hydrogens is 310 g/mol. The van der Waals surface area contributed by atoms with Gasteiger partial charge in [0.05, 0.1) is 6.61 Å². The van der Waals surface area contributed by atoms with Crippen LogP contribution < -0.4 is 4.74 Å². The number of aliphatic hydroxyl groups is 1. The van der Waals surface area contributed by atoms with Gasteiger partial charge in [-0.15, -0.1) is 0 Å². The summed E-state index contributed by atoms with van der Waals surface area (Å²) in [6, 6.07) is 20.2. The zero-order valence-corrected chi connectivity index (χ0v) is 14.7. The Bertz CT molecular complexity index is 844. The molecule has 25 heavy (non-hydrogen) atoms. The maximum Gasteiger partial charge on any atom is 0.221 e. The minimum absolute atomic E-state index is 0.00860. The lowest BCUT2D eigenvalue weighted by molar-refractivity contribution is 0.282. The second-order valence-corrected chi connectivity index (χ2v) is 6.08. The molecule has 0 saturated carbocycles. The summed E-state index contributed by atoms with van der Waals surface area (Å²) < 4.78 is 6.04. The predicted molar refractivity (Wildman–Crippen MR) is 100 cm³/mol. The molecule has 0 spiro atoms. The van der Waals surface area contributed by atoms with Gasteiger partial charge in [-0.3, -0.25) is 0 Å². The molecule has 1 N–H and O–H groups in total. The Morgan fingerprint density at radius 1 is 0.920 bits per heavy atom. The molecule has 128 valence electrons. The first-order valence-electron chi connectivity index (χ1n) is 8.58. The number of ether oxygens (including phenoxy) is 1. The van der Waals surface area contributed by atoms with Crippen molar-refractivity contribution in [2.24, 2.45) is 0 Å². The molecule has 0 bridgehead atoms. The first-order chi connectivity index (χ1) is 12.2. The van der Waals surface area contributed by atoms with Crippen molar-refractivity contribution in [1.82, 2.24) is 4.98 Å². The molecule has 3 nitrogen and oxygen atoms in total. The van der Waals surface area contributed by atoms with Gasteiger partial charge in [-0.1, -0.05) is 55.5 Å². The summed E-state index contributed by atoms with van der Waals surface area (Å²) in [7, 11) is 0. The van der Waals surface area contributed by atoms with Gasteiger partial charge in [0.15, 0.2) is 0 Å². The minimum Gasteiger partial charge on any atom is -0.472 e. The molecule has 0 aliphatic carbocycles. The Balaban J connectivity index is 1.99. The van der Waals surface area contributed by atoms with Gasteiger partial charge in [-0.2, -0.15) is 0 Å². The van der Waals surface area contributed by atoms with Crippen LogP contribution in [0.1, 0.15) is 29.3 Å². The van der Waals surface area contributed by atoms with Gasteiger partial charge >= 0.3 is 0 Å². The van der Waals surface area contributed by atoms with Gasteiger partial charge in [-0.25, -0.2) is 4.98 Å². The third-order valence-electron chi connectivity index (χ3n) is 4.26. The van der Waals surface area contributed by atoms with E-state index in [4.69, 9.17) is 4.74 Å².